The lowest BCUT2D eigenvalue weighted by Gasteiger charge is -2.50. The van der Waals surface area contributed by atoms with Crippen LogP contribution < -0.4 is 11.1 Å². The first-order chi connectivity index (χ1) is 7.41. The minimum absolute atomic E-state index is 0.000625. The topological polar surface area (TPSA) is 55.1 Å². The molecule has 3 nitrogen and oxygen atoms in total. The van der Waals surface area contributed by atoms with E-state index in [1.807, 2.05) is 12.1 Å². The van der Waals surface area contributed by atoms with Crippen molar-refractivity contribution in [2.45, 2.75) is 32.4 Å². The average Bonchev–Trinajstić information content (AvgIpc) is 2.64. The minimum atomic E-state index is 0.000625. The van der Waals surface area contributed by atoms with Gasteiger partial charge in [0, 0.05) is 17.5 Å². The summed E-state index contributed by atoms with van der Waals surface area (Å²) in [6.07, 6.45) is 0.866. The molecule has 5 heteroatoms. The Hall–Kier alpha value is -0.390. The van der Waals surface area contributed by atoms with E-state index in [0.29, 0.717) is 0 Å². The minimum Gasteiger partial charge on any atom is -0.348 e. The zero-order valence-electron chi connectivity index (χ0n) is 9.29. The van der Waals surface area contributed by atoms with Gasteiger partial charge in [-0.05, 0) is 34.5 Å². The summed E-state index contributed by atoms with van der Waals surface area (Å²) in [6.45, 7) is 4.19. The highest BCUT2D eigenvalue weighted by Gasteiger charge is 2.46. The molecule has 1 aliphatic carbocycles. The number of nitrogens with one attached hydrogen (secondary N) is 1. The number of rotatable bonds is 2. The molecule has 0 spiro atoms. The number of amides is 1. The zero-order chi connectivity index (χ0) is 11.9. The fourth-order valence-electron chi connectivity index (χ4n) is 1.87. The van der Waals surface area contributed by atoms with Crippen LogP contribution in [0.25, 0.3) is 0 Å². The van der Waals surface area contributed by atoms with Crippen LogP contribution in [0.4, 0.5) is 0 Å². The van der Waals surface area contributed by atoms with Gasteiger partial charge in [0.25, 0.3) is 5.91 Å². The Balaban J connectivity index is 1.99. The van der Waals surface area contributed by atoms with Gasteiger partial charge in [-0.25, -0.2) is 0 Å². The van der Waals surface area contributed by atoms with Crippen LogP contribution in [0.15, 0.2) is 15.9 Å². The van der Waals surface area contributed by atoms with E-state index in [9.17, 15) is 4.79 Å². The Kier molecular flexibility index (Phi) is 3.11. The highest BCUT2D eigenvalue weighted by molar-refractivity contribution is 9.11. The molecular weight excluding hydrogens is 288 g/mol. The van der Waals surface area contributed by atoms with Crippen LogP contribution >= 0.6 is 27.3 Å². The first-order valence-corrected chi connectivity index (χ1v) is 6.84. The molecule has 0 bridgehead atoms. The summed E-state index contributed by atoms with van der Waals surface area (Å²) in [4.78, 5) is 12.6. The van der Waals surface area contributed by atoms with Gasteiger partial charge in [0.1, 0.15) is 0 Å². The van der Waals surface area contributed by atoms with Crippen molar-refractivity contribution in [1.29, 1.82) is 0 Å². The van der Waals surface area contributed by atoms with Gasteiger partial charge in [0.2, 0.25) is 0 Å². The molecule has 0 radical (unpaired) electrons. The molecule has 1 saturated carbocycles. The monoisotopic (exact) mass is 302 g/mol. The van der Waals surface area contributed by atoms with E-state index in [1.165, 1.54) is 11.3 Å². The average molecular weight is 303 g/mol. The number of thiophene rings is 1. The predicted molar refractivity (Wildman–Crippen MR) is 69.6 cm³/mol. The van der Waals surface area contributed by atoms with Crippen LogP contribution in [0.5, 0.6) is 0 Å². The van der Waals surface area contributed by atoms with Gasteiger partial charge in [-0.15, -0.1) is 11.3 Å². The van der Waals surface area contributed by atoms with E-state index in [2.05, 4.69) is 35.1 Å². The lowest BCUT2D eigenvalue weighted by Crippen LogP contribution is -2.64. The van der Waals surface area contributed by atoms with Crippen molar-refractivity contribution in [3.63, 3.8) is 0 Å². The molecule has 1 amide bonds. The molecule has 0 aromatic carbocycles. The Morgan fingerprint density at radius 1 is 1.62 bits per heavy atom. The van der Waals surface area contributed by atoms with E-state index >= 15 is 0 Å². The SMILES string of the molecule is CC1(C)[C@H](N)C[C@H]1NC(=O)c1ccc(Br)s1. The van der Waals surface area contributed by atoms with Gasteiger partial charge in [-0.2, -0.15) is 0 Å². The molecule has 1 heterocycles. The summed E-state index contributed by atoms with van der Waals surface area (Å²) in [5, 5.41) is 3.04. The largest absolute Gasteiger partial charge is 0.348 e. The quantitative estimate of drug-likeness (QED) is 0.881. The molecule has 88 valence electrons. The molecule has 1 aromatic heterocycles. The van der Waals surface area contributed by atoms with Gasteiger partial charge >= 0.3 is 0 Å². The molecular formula is C11H15BrN2OS. The van der Waals surface area contributed by atoms with Crippen molar-refractivity contribution in [3.05, 3.63) is 20.8 Å². The van der Waals surface area contributed by atoms with Gasteiger partial charge in [-0.1, -0.05) is 13.8 Å². The van der Waals surface area contributed by atoms with Crippen molar-refractivity contribution < 1.29 is 4.79 Å². The van der Waals surface area contributed by atoms with Crippen molar-refractivity contribution in [1.82, 2.24) is 5.32 Å². The van der Waals surface area contributed by atoms with Crippen molar-refractivity contribution in [2.24, 2.45) is 11.1 Å². The number of nitrogens with two attached hydrogens (primary N) is 1. The predicted octanol–water partition coefficient (Wildman–Crippen LogP) is 2.37. The molecule has 2 atom stereocenters. The van der Waals surface area contributed by atoms with E-state index in [-0.39, 0.29) is 23.4 Å². The highest BCUT2D eigenvalue weighted by atomic mass is 79.9. The van der Waals surface area contributed by atoms with Crippen LogP contribution in [-0.4, -0.2) is 18.0 Å². The summed E-state index contributed by atoms with van der Waals surface area (Å²) in [6, 6.07) is 4.09. The number of halogens is 1. The van der Waals surface area contributed by atoms with Crippen LogP contribution in [0.3, 0.4) is 0 Å². The number of hydrogen-bond acceptors (Lipinski definition) is 3. The number of carbonyl (C=O) groups excluding carboxylic acids is 1. The fourth-order valence-corrected chi connectivity index (χ4v) is 3.16. The van der Waals surface area contributed by atoms with Crippen molar-refractivity contribution >= 4 is 33.2 Å². The number of carbonyl (C=O) groups is 1. The van der Waals surface area contributed by atoms with Crippen molar-refractivity contribution in [3.8, 4) is 0 Å². The van der Waals surface area contributed by atoms with Gasteiger partial charge < -0.3 is 11.1 Å². The summed E-state index contributed by atoms with van der Waals surface area (Å²) >= 11 is 4.79. The van der Waals surface area contributed by atoms with E-state index < -0.39 is 0 Å². The molecule has 0 saturated heterocycles. The van der Waals surface area contributed by atoms with Gasteiger partial charge in [0.05, 0.1) is 8.66 Å². The third kappa shape index (κ3) is 2.04. The van der Waals surface area contributed by atoms with E-state index in [4.69, 9.17) is 5.73 Å². The maximum Gasteiger partial charge on any atom is 0.261 e. The third-order valence-electron chi connectivity index (χ3n) is 3.45. The lowest BCUT2D eigenvalue weighted by atomic mass is 9.63. The van der Waals surface area contributed by atoms with Crippen LogP contribution in [0.2, 0.25) is 0 Å². The van der Waals surface area contributed by atoms with Crippen molar-refractivity contribution in [2.75, 3.05) is 0 Å². The van der Waals surface area contributed by atoms with E-state index in [1.54, 1.807) is 0 Å². The first-order valence-electron chi connectivity index (χ1n) is 5.23. The molecule has 1 aliphatic rings. The zero-order valence-corrected chi connectivity index (χ0v) is 11.7. The molecule has 1 aromatic rings. The Morgan fingerprint density at radius 3 is 2.75 bits per heavy atom. The Bertz CT molecular complexity index is 416. The number of hydrogen-bond donors (Lipinski definition) is 2. The second-order valence-corrected chi connectivity index (χ2v) is 7.26. The summed E-state index contributed by atoms with van der Waals surface area (Å²) in [5.41, 5.74) is 5.91. The van der Waals surface area contributed by atoms with Crippen LogP contribution in [0.1, 0.15) is 29.9 Å². The van der Waals surface area contributed by atoms with Gasteiger partial charge in [0.15, 0.2) is 0 Å². The molecule has 2 rings (SSSR count). The lowest BCUT2D eigenvalue weighted by molar-refractivity contribution is 0.0589. The highest BCUT2D eigenvalue weighted by Crippen LogP contribution is 2.39. The maximum atomic E-state index is 11.9. The third-order valence-corrected chi connectivity index (χ3v) is 5.07. The normalized spacial score (nSPS) is 27.2. The van der Waals surface area contributed by atoms with Gasteiger partial charge in [-0.3, -0.25) is 4.79 Å². The smallest absolute Gasteiger partial charge is 0.261 e. The second-order valence-electron chi connectivity index (χ2n) is 4.79. The Morgan fingerprint density at radius 2 is 2.31 bits per heavy atom. The van der Waals surface area contributed by atoms with Crippen LogP contribution in [0, 0.1) is 5.41 Å². The van der Waals surface area contributed by atoms with Crippen LogP contribution in [-0.2, 0) is 0 Å². The Labute approximate surface area is 108 Å². The molecule has 0 unspecified atom stereocenters. The summed E-state index contributed by atoms with van der Waals surface area (Å²) in [7, 11) is 0. The molecule has 1 fully saturated rings. The standard InChI is InChI=1S/C11H15BrN2OS/c1-11(2)7(13)5-8(11)14-10(15)6-3-4-9(12)16-6/h3-4,7-8H,5,13H2,1-2H3,(H,14,15)/t7-,8-/m1/s1. The fraction of sp³-hybridized carbons (Fsp3) is 0.545. The first kappa shape index (κ1) is 12.1. The summed E-state index contributed by atoms with van der Waals surface area (Å²) in [5.74, 6) is 0.000625. The summed E-state index contributed by atoms with van der Waals surface area (Å²) < 4.78 is 0.974. The molecule has 0 aliphatic heterocycles. The molecule has 16 heavy (non-hydrogen) atoms. The maximum absolute atomic E-state index is 11.9. The van der Waals surface area contributed by atoms with E-state index in [0.717, 1.165) is 15.1 Å². The second kappa shape index (κ2) is 4.13. The molecule has 3 N–H and O–H groups in total.